The second kappa shape index (κ2) is 12.6. The van der Waals surface area contributed by atoms with Crippen molar-refractivity contribution in [2.75, 3.05) is 19.6 Å². The molecule has 1 unspecified atom stereocenters. The molecule has 3 aromatic rings. The van der Waals surface area contributed by atoms with Crippen LogP contribution in [-0.2, 0) is 17.6 Å². The minimum absolute atomic E-state index is 0.0376. The van der Waals surface area contributed by atoms with Gasteiger partial charge in [0.25, 0.3) is 11.5 Å². The summed E-state index contributed by atoms with van der Waals surface area (Å²) < 4.78 is 28.6. The van der Waals surface area contributed by atoms with Crippen LogP contribution in [0.1, 0.15) is 59.2 Å². The van der Waals surface area contributed by atoms with E-state index in [1.54, 1.807) is 32.0 Å². The lowest BCUT2D eigenvalue weighted by Crippen LogP contribution is -2.42. The molecule has 0 aliphatic carbocycles. The Labute approximate surface area is 234 Å². The third-order valence-electron chi connectivity index (χ3n) is 7.38. The fraction of sp³-hybridized carbons (Fsp3) is 0.400. The van der Waals surface area contributed by atoms with Gasteiger partial charge in [-0.1, -0.05) is 19.1 Å². The molecule has 1 aromatic heterocycles. The fourth-order valence-electron chi connectivity index (χ4n) is 5.00. The number of amides is 2. The summed E-state index contributed by atoms with van der Waals surface area (Å²) in [4.78, 5) is 45.4. The standard InChI is InChI=1S/C30H33BF2N4O3/c1-18-7-8-22(28(38)34-17-19(2)29(39)36-13-5-4-6-14-36)15-26(18)37-20(3)35-25(27(31)30(37)40)12-10-21-9-11-23(32)16-24(21)33/h7-9,11,15-16,19H,4-6,10,12-14,17H2,1-3H3,(H,34,38). The number of piperidine rings is 1. The number of halogens is 2. The summed E-state index contributed by atoms with van der Waals surface area (Å²) in [6.07, 6.45) is 3.53. The summed E-state index contributed by atoms with van der Waals surface area (Å²) in [5.41, 5.74) is 1.57. The molecule has 1 atom stereocenters. The van der Waals surface area contributed by atoms with E-state index in [4.69, 9.17) is 7.85 Å². The Kier molecular flexibility index (Phi) is 9.17. The number of aryl methyl sites for hydroxylation is 4. The number of rotatable bonds is 8. The number of carbonyl (C=O) groups excluding carboxylic acids is 2. The molecule has 208 valence electrons. The van der Waals surface area contributed by atoms with Crippen LogP contribution in [0.15, 0.2) is 41.2 Å². The van der Waals surface area contributed by atoms with Crippen molar-refractivity contribution in [3.8, 4) is 5.69 Å². The summed E-state index contributed by atoms with van der Waals surface area (Å²) in [5.74, 6) is -1.64. The fourth-order valence-corrected chi connectivity index (χ4v) is 5.00. The van der Waals surface area contributed by atoms with Gasteiger partial charge in [-0.25, -0.2) is 13.8 Å². The summed E-state index contributed by atoms with van der Waals surface area (Å²) in [7, 11) is 6.17. The van der Waals surface area contributed by atoms with Crippen LogP contribution in [0.3, 0.4) is 0 Å². The highest BCUT2D eigenvalue weighted by atomic mass is 19.1. The molecule has 40 heavy (non-hydrogen) atoms. The molecular formula is C30H33BF2N4O3. The quantitative estimate of drug-likeness (QED) is 0.441. The van der Waals surface area contributed by atoms with Gasteiger partial charge in [0.2, 0.25) is 5.91 Å². The van der Waals surface area contributed by atoms with Gasteiger partial charge in [-0.05, 0) is 80.7 Å². The molecule has 2 amide bonds. The second-order valence-corrected chi connectivity index (χ2v) is 10.4. The summed E-state index contributed by atoms with van der Waals surface area (Å²) in [5, 5.41) is 2.84. The molecule has 7 nitrogen and oxygen atoms in total. The number of hydrogen-bond acceptors (Lipinski definition) is 4. The van der Waals surface area contributed by atoms with Gasteiger partial charge in [0.1, 0.15) is 25.3 Å². The zero-order valence-electron chi connectivity index (χ0n) is 23.1. The van der Waals surface area contributed by atoms with E-state index in [1.165, 1.54) is 16.7 Å². The number of likely N-dealkylation sites (tertiary alicyclic amines) is 1. The van der Waals surface area contributed by atoms with Crippen molar-refractivity contribution in [3.05, 3.63) is 86.6 Å². The second-order valence-electron chi connectivity index (χ2n) is 10.4. The normalized spacial score (nSPS) is 14.2. The smallest absolute Gasteiger partial charge is 0.251 e. The van der Waals surface area contributed by atoms with Crippen molar-refractivity contribution < 1.29 is 18.4 Å². The van der Waals surface area contributed by atoms with Crippen molar-refractivity contribution in [1.29, 1.82) is 0 Å². The van der Waals surface area contributed by atoms with Gasteiger partial charge in [0.05, 0.1) is 11.6 Å². The zero-order valence-corrected chi connectivity index (χ0v) is 23.1. The van der Waals surface area contributed by atoms with Gasteiger partial charge < -0.3 is 10.2 Å². The molecule has 0 spiro atoms. The lowest BCUT2D eigenvalue weighted by atomic mass is 9.92. The number of nitrogens with one attached hydrogen (secondary N) is 1. The maximum absolute atomic E-state index is 14.1. The highest BCUT2D eigenvalue weighted by Crippen LogP contribution is 2.18. The van der Waals surface area contributed by atoms with Gasteiger partial charge in [0, 0.05) is 37.0 Å². The third-order valence-corrected chi connectivity index (χ3v) is 7.38. The molecule has 1 fully saturated rings. The van der Waals surface area contributed by atoms with Crippen LogP contribution >= 0.6 is 0 Å². The molecule has 2 radical (unpaired) electrons. The van der Waals surface area contributed by atoms with Crippen LogP contribution < -0.4 is 16.3 Å². The summed E-state index contributed by atoms with van der Waals surface area (Å²) in [6.45, 7) is 6.99. The Morgan fingerprint density at radius 2 is 1.77 bits per heavy atom. The minimum Gasteiger partial charge on any atom is -0.351 e. The van der Waals surface area contributed by atoms with Gasteiger partial charge in [0.15, 0.2) is 0 Å². The predicted octanol–water partition coefficient (Wildman–Crippen LogP) is 3.08. The molecule has 10 heteroatoms. The summed E-state index contributed by atoms with van der Waals surface area (Å²) >= 11 is 0. The van der Waals surface area contributed by atoms with Gasteiger partial charge in [-0.2, -0.15) is 0 Å². The molecule has 2 heterocycles. The maximum atomic E-state index is 14.1. The average Bonchev–Trinajstić information content (AvgIpc) is 2.94. The first-order valence-corrected chi connectivity index (χ1v) is 13.6. The van der Waals surface area contributed by atoms with Crippen molar-refractivity contribution in [2.45, 2.75) is 52.9 Å². The van der Waals surface area contributed by atoms with Gasteiger partial charge in [-0.15, -0.1) is 0 Å². The molecule has 1 N–H and O–H groups in total. The highest BCUT2D eigenvalue weighted by molar-refractivity contribution is 6.32. The number of benzene rings is 2. The Morgan fingerprint density at radius 3 is 2.48 bits per heavy atom. The van der Waals surface area contributed by atoms with Crippen molar-refractivity contribution in [2.24, 2.45) is 5.92 Å². The third kappa shape index (κ3) is 6.49. The largest absolute Gasteiger partial charge is 0.351 e. The number of nitrogens with zero attached hydrogens (tertiary/aromatic N) is 3. The molecule has 1 aliphatic heterocycles. The lowest BCUT2D eigenvalue weighted by Gasteiger charge is -2.29. The Morgan fingerprint density at radius 1 is 1.05 bits per heavy atom. The van der Waals surface area contributed by atoms with E-state index in [1.807, 2.05) is 11.8 Å². The molecule has 1 aliphatic rings. The van der Waals surface area contributed by atoms with E-state index >= 15 is 0 Å². The molecule has 2 aromatic carbocycles. The maximum Gasteiger partial charge on any atom is 0.251 e. The van der Waals surface area contributed by atoms with Crippen LogP contribution in [0, 0.1) is 31.4 Å². The van der Waals surface area contributed by atoms with Gasteiger partial charge >= 0.3 is 0 Å². The van der Waals surface area contributed by atoms with Crippen LogP contribution in [0.4, 0.5) is 8.78 Å². The van der Waals surface area contributed by atoms with E-state index in [-0.39, 0.29) is 42.6 Å². The van der Waals surface area contributed by atoms with Crippen LogP contribution in [0.5, 0.6) is 0 Å². The van der Waals surface area contributed by atoms with E-state index in [0.717, 1.165) is 44.0 Å². The van der Waals surface area contributed by atoms with E-state index < -0.39 is 17.2 Å². The van der Waals surface area contributed by atoms with Crippen LogP contribution in [0.2, 0.25) is 0 Å². The van der Waals surface area contributed by atoms with Crippen LogP contribution in [0.25, 0.3) is 5.69 Å². The average molecular weight is 546 g/mol. The lowest BCUT2D eigenvalue weighted by molar-refractivity contribution is -0.135. The Balaban J connectivity index is 1.51. The van der Waals surface area contributed by atoms with Crippen molar-refractivity contribution in [3.63, 3.8) is 0 Å². The summed E-state index contributed by atoms with van der Waals surface area (Å²) in [6, 6.07) is 8.35. The molecule has 1 saturated heterocycles. The Bertz CT molecular complexity index is 1480. The van der Waals surface area contributed by atoms with Crippen LogP contribution in [-0.4, -0.2) is 53.7 Å². The molecule has 0 bridgehead atoms. The molecule has 0 saturated carbocycles. The SMILES string of the molecule is [B]c1c(CCc2ccc(F)cc2F)nc(C)n(-c2cc(C(=O)NCC(C)C(=O)N3CCCCC3)ccc2C)c1=O. The molecular weight excluding hydrogens is 513 g/mol. The first-order chi connectivity index (χ1) is 19.1. The number of aromatic nitrogens is 2. The van der Waals surface area contributed by atoms with Gasteiger partial charge in [-0.3, -0.25) is 19.0 Å². The van der Waals surface area contributed by atoms with E-state index in [9.17, 15) is 23.2 Å². The molecule has 4 rings (SSSR count). The predicted molar refractivity (Wildman–Crippen MR) is 150 cm³/mol. The first kappa shape index (κ1) is 29.2. The van der Waals surface area contributed by atoms with E-state index in [2.05, 4.69) is 10.3 Å². The monoisotopic (exact) mass is 546 g/mol. The number of hydrogen-bond donors (Lipinski definition) is 1. The van der Waals surface area contributed by atoms with Crippen molar-refractivity contribution in [1.82, 2.24) is 19.8 Å². The Hall–Kier alpha value is -3.82. The first-order valence-electron chi connectivity index (χ1n) is 13.6. The van der Waals surface area contributed by atoms with Crippen molar-refractivity contribution >= 4 is 25.1 Å². The zero-order chi connectivity index (χ0) is 29.0. The topological polar surface area (TPSA) is 84.3 Å². The number of carbonyl (C=O) groups is 2. The highest BCUT2D eigenvalue weighted by Gasteiger charge is 2.23. The minimum atomic E-state index is -0.667. The van der Waals surface area contributed by atoms with E-state index in [0.29, 0.717) is 28.3 Å².